The van der Waals surface area contributed by atoms with E-state index in [4.69, 9.17) is 0 Å². The summed E-state index contributed by atoms with van der Waals surface area (Å²) in [4.78, 5) is 0. The summed E-state index contributed by atoms with van der Waals surface area (Å²) in [5.74, 6) is 0. The normalized spacial score (nSPS) is 13.0. The number of hydrogen-bond donors (Lipinski definition) is 1. The largest absolute Gasteiger partial charge is 0.315 e. The Balaban J connectivity index is 2.18. The molecule has 0 radical (unpaired) electrons. The van der Waals surface area contributed by atoms with E-state index < -0.39 is 0 Å². The molecule has 3 heteroatoms. The van der Waals surface area contributed by atoms with Crippen molar-refractivity contribution in [2.24, 2.45) is 0 Å². The van der Waals surface area contributed by atoms with Crippen molar-refractivity contribution in [3.05, 3.63) is 17.5 Å². The van der Waals surface area contributed by atoms with Crippen LogP contribution < -0.4 is 5.32 Å². The van der Waals surface area contributed by atoms with Crippen LogP contribution in [0.1, 0.15) is 44.5 Å². The molecular formula is C13H25N3. The van der Waals surface area contributed by atoms with Gasteiger partial charge in [0, 0.05) is 18.3 Å². The standard InChI is InChI=1S/C13H25N3/c1-5-14-11(2)8-6-7-9-16-13(4)10-12(3)15-16/h10-11,14H,5-9H2,1-4H3. The highest BCUT2D eigenvalue weighted by Gasteiger charge is 2.02. The van der Waals surface area contributed by atoms with Crippen LogP contribution in [0.25, 0.3) is 0 Å². The predicted molar refractivity (Wildman–Crippen MR) is 68.7 cm³/mol. The first-order valence-corrected chi connectivity index (χ1v) is 6.38. The fraction of sp³-hybridized carbons (Fsp3) is 0.769. The molecule has 3 nitrogen and oxygen atoms in total. The van der Waals surface area contributed by atoms with Crippen molar-refractivity contribution in [2.75, 3.05) is 6.54 Å². The summed E-state index contributed by atoms with van der Waals surface area (Å²) in [5.41, 5.74) is 2.40. The van der Waals surface area contributed by atoms with Gasteiger partial charge in [0.15, 0.2) is 0 Å². The molecule has 92 valence electrons. The summed E-state index contributed by atoms with van der Waals surface area (Å²) in [6, 6.07) is 2.78. The molecule has 1 aromatic heterocycles. The Labute approximate surface area is 99.2 Å². The van der Waals surface area contributed by atoms with Gasteiger partial charge in [-0.3, -0.25) is 4.68 Å². The number of unbranched alkanes of at least 4 members (excludes halogenated alkanes) is 1. The zero-order valence-corrected chi connectivity index (χ0v) is 11.1. The second kappa shape index (κ2) is 6.69. The number of aryl methyl sites for hydroxylation is 3. The lowest BCUT2D eigenvalue weighted by atomic mass is 10.1. The number of nitrogens with one attached hydrogen (secondary N) is 1. The quantitative estimate of drug-likeness (QED) is 0.720. The van der Waals surface area contributed by atoms with E-state index in [1.807, 2.05) is 0 Å². The van der Waals surface area contributed by atoms with Crippen molar-refractivity contribution < 1.29 is 0 Å². The first-order chi connectivity index (χ1) is 7.63. The lowest BCUT2D eigenvalue weighted by Crippen LogP contribution is -2.25. The second-order valence-electron chi connectivity index (χ2n) is 4.60. The molecule has 0 bridgehead atoms. The van der Waals surface area contributed by atoms with E-state index in [2.05, 4.69) is 48.9 Å². The molecule has 1 atom stereocenters. The maximum absolute atomic E-state index is 4.46. The van der Waals surface area contributed by atoms with E-state index in [9.17, 15) is 0 Å². The molecule has 0 aromatic carbocycles. The van der Waals surface area contributed by atoms with Gasteiger partial charge in [0.05, 0.1) is 5.69 Å². The van der Waals surface area contributed by atoms with Crippen LogP contribution in [0.5, 0.6) is 0 Å². The van der Waals surface area contributed by atoms with Crippen molar-refractivity contribution in [3.63, 3.8) is 0 Å². The summed E-state index contributed by atoms with van der Waals surface area (Å²) in [6.07, 6.45) is 3.75. The van der Waals surface area contributed by atoms with Gasteiger partial charge >= 0.3 is 0 Å². The van der Waals surface area contributed by atoms with Crippen molar-refractivity contribution in [3.8, 4) is 0 Å². The third kappa shape index (κ3) is 4.35. The SMILES string of the molecule is CCNC(C)CCCCn1nc(C)cc1C. The molecule has 0 fully saturated rings. The average Bonchev–Trinajstić information content (AvgIpc) is 2.53. The number of nitrogens with zero attached hydrogens (tertiary/aromatic N) is 2. The third-order valence-corrected chi connectivity index (χ3v) is 2.91. The molecule has 0 spiro atoms. The van der Waals surface area contributed by atoms with Gasteiger partial charge < -0.3 is 5.32 Å². The van der Waals surface area contributed by atoms with Crippen LogP contribution in [0.3, 0.4) is 0 Å². The zero-order chi connectivity index (χ0) is 12.0. The summed E-state index contributed by atoms with van der Waals surface area (Å²) in [6.45, 7) is 10.7. The van der Waals surface area contributed by atoms with E-state index >= 15 is 0 Å². The van der Waals surface area contributed by atoms with E-state index in [1.54, 1.807) is 0 Å². The fourth-order valence-corrected chi connectivity index (χ4v) is 2.06. The van der Waals surface area contributed by atoms with Gasteiger partial charge in [-0.05, 0) is 46.2 Å². The Morgan fingerprint density at radius 3 is 2.69 bits per heavy atom. The van der Waals surface area contributed by atoms with Crippen LogP contribution in [0, 0.1) is 13.8 Å². The van der Waals surface area contributed by atoms with Crippen molar-refractivity contribution in [1.29, 1.82) is 0 Å². The van der Waals surface area contributed by atoms with E-state index in [0.717, 1.165) is 18.8 Å². The summed E-state index contributed by atoms with van der Waals surface area (Å²) >= 11 is 0. The summed E-state index contributed by atoms with van der Waals surface area (Å²) in [7, 11) is 0. The number of hydrogen-bond acceptors (Lipinski definition) is 2. The minimum absolute atomic E-state index is 0.644. The molecule has 1 unspecified atom stereocenters. The fourth-order valence-electron chi connectivity index (χ4n) is 2.06. The van der Waals surface area contributed by atoms with Gasteiger partial charge in [-0.2, -0.15) is 5.10 Å². The van der Waals surface area contributed by atoms with E-state index in [-0.39, 0.29) is 0 Å². The Bertz CT molecular complexity index is 304. The predicted octanol–water partition coefficient (Wildman–Crippen LogP) is 2.67. The maximum Gasteiger partial charge on any atom is 0.0596 e. The van der Waals surface area contributed by atoms with Gasteiger partial charge in [-0.25, -0.2) is 0 Å². The highest BCUT2D eigenvalue weighted by Crippen LogP contribution is 2.06. The Morgan fingerprint density at radius 2 is 2.12 bits per heavy atom. The topological polar surface area (TPSA) is 29.9 Å². The molecule has 0 aliphatic rings. The Morgan fingerprint density at radius 1 is 1.38 bits per heavy atom. The smallest absolute Gasteiger partial charge is 0.0596 e. The summed E-state index contributed by atoms with van der Waals surface area (Å²) < 4.78 is 2.12. The highest BCUT2D eigenvalue weighted by molar-refractivity contribution is 5.06. The molecule has 0 saturated heterocycles. The van der Waals surface area contributed by atoms with Crippen molar-refractivity contribution in [2.45, 2.75) is 59.5 Å². The van der Waals surface area contributed by atoms with Crippen LogP contribution in [0.4, 0.5) is 0 Å². The van der Waals surface area contributed by atoms with Gasteiger partial charge in [0.25, 0.3) is 0 Å². The van der Waals surface area contributed by atoms with Crippen LogP contribution in [-0.2, 0) is 6.54 Å². The van der Waals surface area contributed by atoms with Crippen LogP contribution >= 0.6 is 0 Å². The van der Waals surface area contributed by atoms with Gasteiger partial charge in [-0.1, -0.05) is 13.3 Å². The number of aromatic nitrogens is 2. The molecule has 1 N–H and O–H groups in total. The molecule has 1 rings (SSSR count). The van der Waals surface area contributed by atoms with Crippen molar-refractivity contribution in [1.82, 2.24) is 15.1 Å². The molecule has 1 heterocycles. The highest BCUT2D eigenvalue weighted by atomic mass is 15.3. The molecule has 1 aromatic rings. The Kier molecular flexibility index (Phi) is 5.53. The third-order valence-electron chi connectivity index (χ3n) is 2.91. The van der Waals surface area contributed by atoms with Crippen LogP contribution in [0.15, 0.2) is 6.07 Å². The van der Waals surface area contributed by atoms with E-state index in [0.29, 0.717) is 6.04 Å². The minimum Gasteiger partial charge on any atom is -0.315 e. The summed E-state index contributed by atoms with van der Waals surface area (Å²) in [5, 5.41) is 7.90. The molecule has 0 aliphatic heterocycles. The maximum atomic E-state index is 4.46. The first kappa shape index (κ1) is 13.2. The average molecular weight is 223 g/mol. The minimum atomic E-state index is 0.644. The van der Waals surface area contributed by atoms with Crippen LogP contribution in [-0.4, -0.2) is 22.4 Å². The molecule has 16 heavy (non-hydrogen) atoms. The first-order valence-electron chi connectivity index (χ1n) is 6.38. The molecular weight excluding hydrogens is 198 g/mol. The molecule has 0 aliphatic carbocycles. The number of rotatable bonds is 7. The lowest BCUT2D eigenvalue weighted by molar-refractivity contribution is 0.471. The Hall–Kier alpha value is -0.830. The van der Waals surface area contributed by atoms with E-state index in [1.165, 1.54) is 25.0 Å². The van der Waals surface area contributed by atoms with Crippen molar-refractivity contribution >= 4 is 0 Å². The van der Waals surface area contributed by atoms with Gasteiger partial charge in [0.1, 0.15) is 0 Å². The zero-order valence-electron chi connectivity index (χ0n) is 11.1. The van der Waals surface area contributed by atoms with Gasteiger partial charge in [0.2, 0.25) is 0 Å². The molecule has 0 amide bonds. The van der Waals surface area contributed by atoms with Gasteiger partial charge in [-0.15, -0.1) is 0 Å². The lowest BCUT2D eigenvalue weighted by Gasteiger charge is -2.11. The van der Waals surface area contributed by atoms with Crippen LogP contribution in [0.2, 0.25) is 0 Å². The molecule has 0 saturated carbocycles. The monoisotopic (exact) mass is 223 g/mol. The second-order valence-corrected chi connectivity index (χ2v) is 4.60.